The monoisotopic (exact) mass is 204 g/mol. The van der Waals surface area contributed by atoms with Gasteiger partial charge >= 0.3 is 5.97 Å². The molecule has 0 amide bonds. The Labute approximate surface area is 87.0 Å². The predicted molar refractivity (Wildman–Crippen MR) is 56.6 cm³/mol. The Kier molecular flexibility index (Phi) is 2.41. The van der Waals surface area contributed by atoms with Crippen LogP contribution in [0.3, 0.4) is 0 Å². The van der Waals surface area contributed by atoms with E-state index in [1.807, 2.05) is 18.3 Å². The fourth-order valence-corrected chi connectivity index (χ4v) is 1.53. The van der Waals surface area contributed by atoms with E-state index in [1.165, 1.54) is 0 Å². The van der Waals surface area contributed by atoms with Gasteiger partial charge in [0.1, 0.15) is 0 Å². The van der Waals surface area contributed by atoms with Crippen LogP contribution in [0.4, 0.5) is 0 Å². The molecule has 78 valence electrons. The van der Waals surface area contributed by atoms with Crippen molar-refractivity contribution in [3.63, 3.8) is 0 Å². The van der Waals surface area contributed by atoms with Gasteiger partial charge in [-0.15, -0.1) is 0 Å². The van der Waals surface area contributed by atoms with Gasteiger partial charge in [-0.2, -0.15) is 0 Å². The van der Waals surface area contributed by atoms with Crippen LogP contribution in [0, 0.1) is 5.92 Å². The lowest BCUT2D eigenvalue weighted by molar-refractivity contribution is -0.141. The van der Waals surface area contributed by atoms with E-state index < -0.39 is 5.97 Å². The fraction of sp³-hybridized carbons (Fsp3) is 0.273. The molecule has 0 aliphatic heterocycles. The molecule has 1 atom stereocenters. The van der Waals surface area contributed by atoms with Crippen molar-refractivity contribution in [2.75, 3.05) is 0 Å². The third-order valence-corrected chi connectivity index (χ3v) is 2.42. The molecule has 2 aromatic rings. The number of aromatic nitrogens is 2. The van der Waals surface area contributed by atoms with Crippen molar-refractivity contribution in [2.24, 2.45) is 5.92 Å². The van der Waals surface area contributed by atoms with Gasteiger partial charge in [-0.05, 0) is 24.1 Å². The number of nitrogens with one attached hydrogen (secondary N) is 1. The van der Waals surface area contributed by atoms with E-state index in [0.717, 1.165) is 16.6 Å². The van der Waals surface area contributed by atoms with Gasteiger partial charge in [0.05, 0.1) is 17.0 Å². The second kappa shape index (κ2) is 3.73. The Morgan fingerprint density at radius 3 is 3.20 bits per heavy atom. The predicted octanol–water partition coefficient (Wildman–Crippen LogP) is 1.83. The van der Waals surface area contributed by atoms with Crippen molar-refractivity contribution in [3.8, 4) is 0 Å². The highest BCUT2D eigenvalue weighted by atomic mass is 16.4. The maximum Gasteiger partial charge on any atom is 0.306 e. The Balaban J connectivity index is 2.24. The molecular weight excluding hydrogens is 192 g/mol. The fourth-order valence-electron chi connectivity index (χ4n) is 1.53. The van der Waals surface area contributed by atoms with Gasteiger partial charge in [0.2, 0.25) is 0 Å². The summed E-state index contributed by atoms with van der Waals surface area (Å²) < 4.78 is 0. The van der Waals surface area contributed by atoms with Crippen LogP contribution in [0.2, 0.25) is 0 Å². The van der Waals surface area contributed by atoms with E-state index in [1.54, 1.807) is 13.1 Å². The van der Waals surface area contributed by atoms with Crippen LogP contribution in [0.25, 0.3) is 11.0 Å². The maximum absolute atomic E-state index is 10.7. The number of hydrogen-bond acceptors (Lipinski definition) is 2. The minimum absolute atomic E-state index is 0.376. The first-order chi connectivity index (χ1) is 7.16. The number of fused-ring (bicyclic) bond motifs is 1. The van der Waals surface area contributed by atoms with Crippen LogP contribution in [-0.2, 0) is 11.2 Å². The number of hydrogen-bond donors (Lipinski definition) is 2. The molecule has 4 nitrogen and oxygen atoms in total. The molecule has 2 aromatic heterocycles. The lowest BCUT2D eigenvalue weighted by Gasteiger charge is -2.05. The zero-order valence-electron chi connectivity index (χ0n) is 8.40. The Morgan fingerprint density at radius 2 is 2.47 bits per heavy atom. The van der Waals surface area contributed by atoms with Crippen molar-refractivity contribution in [3.05, 3.63) is 30.1 Å². The summed E-state index contributed by atoms with van der Waals surface area (Å²) in [5.41, 5.74) is 2.80. The van der Waals surface area contributed by atoms with E-state index in [2.05, 4.69) is 9.97 Å². The van der Waals surface area contributed by atoms with Crippen LogP contribution < -0.4 is 0 Å². The van der Waals surface area contributed by atoms with Crippen molar-refractivity contribution in [1.82, 2.24) is 9.97 Å². The molecule has 2 heterocycles. The highest BCUT2D eigenvalue weighted by Gasteiger charge is 2.12. The summed E-state index contributed by atoms with van der Waals surface area (Å²) in [4.78, 5) is 18.0. The zero-order valence-corrected chi connectivity index (χ0v) is 8.40. The first kappa shape index (κ1) is 9.71. The van der Waals surface area contributed by atoms with Crippen LogP contribution in [0.15, 0.2) is 24.5 Å². The van der Waals surface area contributed by atoms with Gasteiger partial charge in [-0.3, -0.25) is 9.78 Å². The lowest BCUT2D eigenvalue weighted by atomic mass is 10.0. The summed E-state index contributed by atoms with van der Waals surface area (Å²) in [5.74, 6) is -1.15. The second-order valence-corrected chi connectivity index (χ2v) is 3.70. The van der Waals surface area contributed by atoms with Crippen molar-refractivity contribution in [2.45, 2.75) is 13.3 Å². The van der Waals surface area contributed by atoms with Gasteiger partial charge < -0.3 is 10.1 Å². The van der Waals surface area contributed by atoms with Gasteiger partial charge in [-0.1, -0.05) is 6.92 Å². The van der Waals surface area contributed by atoms with E-state index in [0.29, 0.717) is 6.42 Å². The first-order valence-corrected chi connectivity index (χ1v) is 4.81. The molecule has 0 aromatic carbocycles. The number of H-pyrrole nitrogens is 1. The molecule has 0 saturated heterocycles. The van der Waals surface area contributed by atoms with Gasteiger partial charge in [0, 0.05) is 12.4 Å². The minimum atomic E-state index is -0.776. The van der Waals surface area contributed by atoms with Crippen molar-refractivity contribution >= 4 is 17.0 Å². The average molecular weight is 204 g/mol. The smallest absolute Gasteiger partial charge is 0.306 e. The van der Waals surface area contributed by atoms with Crippen molar-refractivity contribution < 1.29 is 9.90 Å². The quantitative estimate of drug-likeness (QED) is 0.801. The highest BCUT2D eigenvalue weighted by Crippen LogP contribution is 2.14. The average Bonchev–Trinajstić information content (AvgIpc) is 2.64. The van der Waals surface area contributed by atoms with Crippen LogP contribution in [0.5, 0.6) is 0 Å². The molecule has 0 aliphatic carbocycles. The number of aliphatic carboxylic acids is 1. The van der Waals surface area contributed by atoms with E-state index in [4.69, 9.17) is 5.11 Å². The summed E-state index contributed by atoms with van der Waals surface area (Å²) in [5, 5.41) is 8.79. The largest absolute Gasteiger partial charge is 0.481 e. The van der Waals surface area contributed by atoms with Crippen molar-refractivity contribution in [1.29, 1.82) is 0 Å². The normalized spacial score (nSPS) is 12.9. The van der Waals surface area contributed by atoms with Gasteiger partial charge in [0.15, 0.2) is 0 Å². The lowest BCUT2D eigenvalue weighted by Crippen LogP contribution is -2.12. The van der Waals surface area contributed by atoms with Crippen LogP contribution in [-0.4, -0.2) is 21.0 Å². The molecule has 0 radical (unpaired) electrons. The molecule has 2 N–H and O–H groups in total. The number of carboxylic acids is 1. The summed E-state index contributed by atoms with van der Waals surface area (Å²) in [6, 6.07) is 3.83. The Hall–Kier alpha value is -1.84. The standard InChI is InChI=1S/C11H12N2O2/c1-7(11(14)15)4-8-5-10-9(13-6-8)2-3-12-10/h2-3,5-7,12H,4H2,1H3,(H,14,15). The molecule has 0 aliphatic rings. The van der Waals surface area contributed by atoms with E-state index >= 15 is 0 Å². The maximum atomic E-state index is 10.7. The summed E-state index contributed by atoms with van der Waals surface area (Å²) in [7, 11) is 0. The van der Waals surface area contributed by atoms with E-state index in [9.17, 15) is 4.79 Å². The minimum Gasteiger partial charge on any atom is -0.481 e. The first-order valence-electron chi connectivity index (χ1n) is 4.81. The number of pyridine rings is 1. The third-order valence-electron chi connectivity index (χ3n) is 2.42. The molecule has 15 heavy (non-hydrogen) atoms. The van der Waals surface area contributed by atoms with Crippen LogP contribution in [0.1, 0.15) is 12.5 Å². The third kappa shape index (κ3) is 1.98. The molecule has 1 unspecified atom stereocenters. The Bertz CT molecular complexity index is 490. The molecule has 4 heteroatoms. The molecular formula is C11H12N2O2. The van der Waals surface area contributed by atoms with Gasteiger partial charge in [0.25, 0.3) is 0 Å². The van der Waals surface area contributed by atoms with Crippen LogP contribution >= 0.6 is 0 Å². The number of aromatic amines is 1. The molecule has 0 bridgehead atoms. The second-order valence-electron chi connectivity index (χ2n) is 3.70. The summed E-state index contributed by atoms with van der Waals surface area (Å²) in [6.07, 6.45) is 4.06. The van der Waals surface area contributed by atoms with E-state index in [-0.39, 0.29) is 5.92 Å². The topological polar surface area (TPSA) is 66.0 Å². The summed E-state index contributed by atoms with van der Waals surface area (Å²) >= 11 is 0. The number of carbonyl (C=O) groups is 1. The molecule has 0 saturated carbocycles. The number of nitrogens with zero attached hydrogens (tertiary/aromatic N) is 1. The molecule has 0 fully saturated rings. The van der Waals surface area contributed by atoms with Gasteiger partial charge in [-0.25, -0.2) is 0 Å². The molecule has 0 spiro atoms. The SMILES string of the molecule is CC(Cc1cnc2cc[nH]c2c1)C(=O)O. The number of rotatable bonds is 3. The summed E-state index contributed by atoms with van der Waals surface area (Å²) in [6.45, 7) is 1.70. The highest BCUT2D eigenvalue weighted by molar-refractivity contribution is 5.75. The molecule has 2 rings (SSSR count). The number of carboxylic acid groups (broad SMARTS) is 1. The Morgan fingerprint density at radius 1 is 1.67 bits per heavy atom. The zero-order chi connectivity index (χ0) is 10.8.